The standard InChI is InChI=1S/C14H16ClFN4O/c15-12-6-13(20-14(17)19-12)18-7-10(8-21)5-9-1-3-11(16)4-2-9/h1-4,6,10,21H,5,7-8H2,(H3,17,18,19,20)/t10-/m0/s1. The van der Waals surface area contributed by atoms with Crippen LogP contribution < -0.4 is 11.1 Å². The molecular weight excluding hydrogens is 295 g/mol. The van der Waals surface area contributed by atoms with Crippen LogP contribution in [0.5, 0.6) is 0 Å². The maximum Gasteiger partial charge on any atom is 0.223 e. The molecule has 0 saturated carbocycles. The first-order valence-corrected chi connectivity index (χ1v) is 6.84. The van der Waals surface area contributed by atoms with Crippen molar-refractivity contribution in [1.82, 2.24) is 9.97 Å². The Bertz CT molecular complexity index is 574. The molecule has 0 unspecified atom stereocenters. The van der Waals surface area contributed by atoms with Crippen molar-refractivity contribution in [3.63, 3.8) is 0 Å². The lowest BCUT2D eigenvalue weighted by atomic mass is 10.00. The van der Waals surface area contributed by atoms with Crippen molar-refractivity contribution < 1.29 is 9.50 Å². The summed E-state index contributed by atoms with van der Waals surface area (Å²) >= 11 is 5.79. The van der Waals surface area contributed by atoms with E-state index in [1.54, 1.807) is 18.2 Å². The molecule has 0 aliphatic rings. The predicted octanol–water partition coefficient (Wildman–Crippen LogP) is 2.11. The maximum atomic E-state index is 12.9. The third-order valence-corrected chi connectivity index (χ3v) is 3.17. The average Bonchev–Trinajstić information content (AvgIpc) is 2.44. The summed E-state index contributed by atoms with van der Waals surface area (Å²) in [5, 5.41) is 12.7. The van der Waals surface area contributed by atoms with E-state index in [4.69, 9.17) is 17.3 Å². The molecule has 0 aliphatic heterocycles. The summed E-state index contributed by atoms with van der Waals surface area (Å²) in [6.07, 6.45) is 0.623. The van der Waals surface area contributed by atoms with Crippen LogP contribution in [0.4, 0.5) is 16.2 Å². The summed E-state index contributed by atoms with van der Waals surface area (Å²) in [4.78, 5) is 7.76. The minimum atomic E-state index is -0.275. The molecule has 0 radical (unpaired) electrons. The molecule has 0 fully saturated rings. The number of aromatic nitrogens is 2. The molecule has 0 spiro atoms. The highest BCUT2D eigenvalue weighted by Crippen LogP contribution is 2.14. The van der Waals surface area contributed by atoms with Crippen molar-refractivity contribution in [2.24, 2.45) is 5.92 Å². The van der Waals surface area contributed by atoms with Crippen molar-refractivity contribution in [1.29, 1.82) is 0 Å². The zero-order chi connectivity index (χ0) is 15.2. The highest BCUT2D eigenvalue weighted by molar-refractivity contribution is 6.29. The van der Waals surface area contributed by atoms with Crippen LogP contribution in [0, 0.1) is 11.7 Å². The number of hydrogen-bond acceptors (Lipinski definition) is 5. The molecular formula is C14H16ClFN4O. The Morgan fingerprint density at radius 1 is 1.29 bits per heavy atom. The van der Waals surface area contributed by atoms with E-state index in [2.05, 4.69) is 15.3 Å². The number of nitrogens with one attached hydrogen (secondary N) is 1. The zero-order valence-corrected chi connectivity index (χ0v) is 12.0. The first-order chi connectivity index (χ1) is 10.1. The van der Waals surface area contributed by atoms with E-state index >= 15 is 0 Å². The molecule has 2 rings (SSSR count). The molecule has 21 heavy (non-hydrogen) atoms. The lowest BCUT2D eigenvalue weighted by Gasteiger charge is -2.15. The van der Waals surface area contributed by atoms with Crippen LogP contribution in [0.2, 0.25) is 5.15 Å². The number of aliphatic hydroxyl groups excluding tert-OH is 1. The Labute approximate surface area is 127 Å². The molecule has 5 nitrogen and oxygen atoms in total. The first-order valence-electron chi connectivity index (χ1n) is 6.46. The van der Waals surface area contributed by atoms with E-state index in [-0.39, 0.29) is 29.4 Å². The topological polar surface area (TPSA) is 84.1 Å². The van der Waals surface area contributed by atoms with Gasteiger partial charge in [0.2, 0.25) is 5.95 Å². The smallest absolute Gasteiger partial charge is 0.223 e. The zero-order valence-electron chi connectivity index (χ0n) is 11.3. The Balaban J connectivity index is 1.94. The van der Waals surface area contributed by atoms with Gasteiger partial charge in [-0.2, -0.15) is 4.98 Å². The summed E-state index contributed by atoms with van der Waals surface area (Å²) < 4.78 is 12.9. The molecule has 1 aromatic carbocycles. The SMILES string of the molecule is Nc1nc(Cl)cc(NC[C@@H](CO)Cc2ccc(F)cc2)n1. The van der Waals surface area contributed by atoms with Crippen LogP contribution in [-0.4, -0.2) is 28.2 Å². The number of benzene rings is 1. The number of hydrogen-bond donors (Lipinski definition) is 3. The van der Waals surface area contributed by atoms with Crippen LogP contribution in [0.1, 0.15) is 5.56 Å². The fourth-order valence-electron chi connectivity index (χ4n) is 1.93. The van der Waals surface area contributed by atoms with E-state index in [1.807, 2.05) is 0 Å². The predicted molar refractivity (Wildman–Crippen MR) is 80.6 cm³/mol. The van der Waals surface area contributed by atoms with Crippen LogP contribution in [-0.2, 0) is 6.42 Å². The second kappa shape index (κ2) is 7.19. The molecule has 4 N–H and O–H groups in total. The molecule has 2 aromatic rings. The highest BCUT2D eigenvalue weighted by atomic mass is 35.5. The van der Waals surface area contributed by atoms with Gasteiger partial charge in [-0.1, -0.05) is 23.7 Å². The minimum Gasteiger partial charge on any atom is -0.396 e. The molecule has 1 aromatic heterocycles. The number of nitrogens with two attached hydrogens (primary N) is 1. The van der Waals surface area contributed by atoms with Gasteiger partial charge in [0.05, 0.1) is 0 Å². The van der Waals surface area contributed by atoms with Gasteiger partial charge in [-0.15, -0.1) is 0 Å². The van der Waals surface area contributed by atoms with Crippen molar-refractivity contribution >= 4 is 23.4 Å². The van der Waals surface area contributed by atoms with E-state index in [9.17, 15) is 9.50 Å². The van der Waals surface area contributed by atoms with E-state index in [0.29, 0.717) is 18.8 Å². The van der Waals surface area contributed by atoms with Crippen molar-refractivity contribution in [2.75, 3.05) is 24.2 Å². The molecule has 1 atom stereocenters. The van der Waals surface area contributed by atoms with E-state index in [1.165, 1.54) is 12.1 Å². The van der Waals surface area contributed by atoms with Crippen LogP contribution >= 0.6 is 11.6 Å². The molecule has 0 bridgehead atoms. The highest BCUT2D eigenvalue weighted by Gasteiger charge is 2.10. The third-order valence-electron chi connectivity index (χ3n) is 2.98. The van der Waals surface area contributed by atoms with Gasteiger partial charge in [0.15, 0.2) is 0 Å². The lowest BCUT2D eigenvalue weighted by Crippen LogP contribution is -2.21. The normalized spacial score (nSPS) is 12.1. The van der Waals surface area contributed by atoms with Gasteiger partial charge < -0.3 is 16.2 Å². The van der Waals surface area contributed by atoms with Gasteiger partial charge in [0, 0.05) is 25.1 Å². The monoisotopic (exact) mass is 310 g/mol. The maximum absolute atomic E-state index is 12.9. The molecule has 1 heterocycles. The summed E-state index contributed by atoms with van der Waals surface area (Å²) in [6, 6.07) is 7.78. The number of halogens is 2. The lowest BCUT2D eigenvalue weighted by molar-refractivity contribution is 0.232. The van der Waals surface area contributed by atoms with Gasteiger partial charge in [-0.05, 0) is 24.1 Å². The minimum absolute atomic E-state index is 0.00132. The summed E-state index contributed by atoms with van der Waals surface area (Å²) in [7, 11) is 0. The van der Waals surface area contributed by atoms with E-state index in [0.717, 1.165) is 5.56 Å². The molecule has 0 saturated heterocycles. The number of nitrogens with zero attached hydrogens (tertiary/aromatic N) is 2. The number of rotatable bonds is 6. The van der Waals surface area contributed by atoms with Crippen molar-refractivity contribution in [3.8, 4) is 0 Å². The van der Waals surface area contributed by atoms with Crippen molar-refractivity contribution in [2.45, 2.75) is 6.42 Å². The van der Waals surface area contributed by atoms with E-state index < -0.39 is 0 Å². The fraction of sp³-hybridized carbons (Fsp3) is 0.286. The van der Waals surface area contributed by atoms with Crippen molar-refractivity contribution in [3.05, 3.63) is 46.9 Å². The molecule has 7 heteroatoms. The van der Waals surface area contributed by atoms with Crippen LogP contribution in [0.25, 0.3) is 0 Å². The molecule has 0 amide bonds. The number of nitrogen functional groups attached to an aromatic ring is 1. The Morgan fingerprint density at radius 3 is 2.62 bits per heavy atom. The first kappa shape index (κ1) is 15.5. The molecule has 0 aliphatic carbocycles. The Kier molecular flexibility index (Phi) is 5.30. The Morgan fingerprint density at radius 2 is 2.00 bits per heavy atom. The van der Waals surface area contributed by atoms with Gasteiger partial charge in [0.25, 0.3) is 0 Å². The summed E-state index contributed by atoms with van der Waals surface area (Å²) in [5.41, 5.74) is 6.46. The number of anilines is 2. The average molecular weight is 311 g/mol. The Hall–Kier alpha value is -1.92. The number of aliphatic hydroxyl groups is 1. The largest absolute Gasteiger partial charge is 0.396 e. The second-order valence-corrected chi connectivity index (χ2v) is 5.08. The third kappa shape index (κ3) is 4.84. The second-order valence-electron chi connectivity index (χ2n) is 4.69. The van der Waals surface area contributed by atoms with Gasteiger partial charge in [0.1, 0.15) is 16.8 Å². The quantitative estimate of drug-likeness (QED) is 0.712. The van der Waals surface area contributed by atoms with Crippen LogP contribution in [0.3, 0.4) is 0 Å². The molecule has 112 valence electrons. The van der Waals surface area contributed by atoms with Gasteiger partial charge in [-0.25, -0.2) is 9.37 Å². The van der Waals surface area contributed by atoms with Gasteiger partial charge >= 0.3 is 0 Å². The van der Waals surface area contributed by atoms with Crippen LogP contribution in [0.15, 0.2) is 30.3 Å². The van der Waals surface area contributed by atoms with Gasteiger partial charge in [-0.3, -0.25) is 0 Å². The fourth-order valence-corrected chi connectivity index (χ4v) is 2.12. The summed E-state index contributed by atoms with van der Waals surface area (Å²) in [6.45, 7) is 0.485. The summed E-state index contributed by atoms with van der Waals surface area (Å²) in [5.74, 6) is 0.281.